The number of carbonyl (C=O) groups is 3. The Morgan fingerprint density at radius 1 is 1.06 bits per heavy atom. The molecule has 92 valence electrons. The third kappa shape index (κ3) is 4.62. The standard InChI is InChI=1S/C6H7Cl2NO7/c7-9(8)16-6(5(14)15,1-3(10)11)2-4(12)13/h1-2H2,(H,10,11)(H,12,13)(H,14,15). The van der Waals surface area contributed by atoms with E-state index < -0.39 is 36.4 Å². The van der Waals surface area contributed by atoms with Gasteiger partial charge in [0, 0.05) is 23.6 Å². The van der Waals surface area contributed by atoms with E-state index >= 15 is 0 Å². The van der Waals surface area contributed by atoms with Crippen LogP contribution in [0.5, 0.6) is 0 Å². The average Bonchev–Trinajstić information content (AvgIpc) is 1.98. The molecule has 10 heteroatoms. The van der Waals surface area contributed by atoms with Gasteiger partial charge in [0.15, 0.2) is 0 Å². The summed E-state index contributed by atoms with van der Waals surface area (Å²) in [5.74, 6) is -4.94. The van der Waals surface area contributed by atoms with Crippen molar-refractivity contribution in [2.75, 3.05) is 0 Å². The number of aliphatic carboxylic acids is 3. The van der Waals surface area contributed by atoms with Crippen molar-refractivity contribution in [2.24, 2.45) is 0 Å². The minimum absolute atomic E-state index is 0.0972. The molecule has 0 atom stereocenters. The van der Waals surface area contributed by atoms with Crippen LogP contribution in [0.25, 0.3) is 0 Å². The smallest absolute Gasteiger partial charge is 0.339 e. The molecule has 0 fully saturated rings. The second kappa shape index (κ2) is 5.85. The van der Waals surface area contributed by atoms with Crippen LogP contribution in [-0.2, 0) is 19.2 Å². The van der Waals surface area contributed by atoms with E-state index in [0.29, 0.717) is 0 Å². The molecule has 0 aromatic carbocycles. The van der Waals surface area contributed by atoms with Gasteiger partial charge in [-0.25, -0.2) is 9.63 Å². The van der Waals surface area contributed by atoms with Gasteiger partial charge in [-0.15, -0.1) is 0 Å². The highest BCUT2D eigenvalue weighted by atomic mass is 35.5. The van der Waals surface area contributed by atoms with Crippen molar-refractivity contribution < 1.29 is 34.5 Å². The summed E-state index contributed by atoms with van der Waals surface area (Å²) >= 11 is 10.0. The lowest BCUT2D eigenvalue weighted by Gasteiger charge is -2.26. The highest BCUT2D eigenvalue weighted by molar-refractivity contribution is 6.32. The Balaban J connectivity index is 5.11. The first-order valence-corrected chi connectivity index (χ1v) is 4.35. The fourth-order valence-electron chi connectivity index (χ4n) is 0.938. The van der Waals surface area contributed by atoms with Crippen molar-refractivity contribution in [3.8, 4) is 0 Å². The molecular formula is C6H7Cl2NO7. The van der Waals surface area contributed by atoms with Crippen LogP contribution in [0, 0.1) is 0 Å². The fraction of sp³-hybridized carbons (Fsp3) is 0.500. The van der Waals surface area contributed by atoms with Crippen LogP contribution in [0.2, 0.25) is 0 Å². The van der Waals surface area contributed by atoms with Gasteiger partial charge in [0.1, 0.15) is 0 Å². The van der Waals surface area contributed by atoms with Crippen LogP contribution in [0.4, 0.5) is 0 Å². The van der Waals surface area contributed by atoms with E-state index in [-0.39, 0.29) is 4.10 Å². The summed E-state index contributed by atoms with van der Waals surface area (Å²) in [6.45, 7) is 0. The molecule has 0 radical (unpaired) electrons. The Hall–Kier alpha value is -1.09. The number of halogens is 2. The summed E-state index contributed by atoms with van der Waals surface area (Å²) in [5, 5.41) is 25.7. The van der Waals surface area contributed by atoms with Gasteiger partial charge >= 0.3 is 17.9 Å². The maximum absolute atomic E-state index is 10.8. The van der Waals surface area contributed by atoms with Gasteiger partial charge in [0.2, 0.25) is 5.60 Å². The number of rotatable bonds is 7. The van der Waals surface area contributed by atoms with Gasteiger partial charge in [-0.1, -0.05) is 0 Å². The maximum Gasteiger partial charge on any atom is 0.339 e. The first kappa shape index (κ1) is 14.9. The van der Waals surface area contributed by atoms with Crippen molar-refractivity contribution in [3.05, 3.63) is 0 Å². The molecular weight excluding hydrogens is 269 g/mol. The Labute approximate surface area is 99.1 Å². The highest BCUT2D eigenvalue weighted by Gasteiger charge is 2.46. The van der Waals surface area contributed by atoms with E-state index in [2.05, 4.69) is 4.84 Å². The number of hydrogen-bond donors (Lipinski definition) is 3. The van der Waals surface area contributed by atoms with Crippen molar-refractivity contribution >= 4 is 41.5 Å². The first-order valence-electron chi connectivity index (χ1n) is 3.67. The van der Waals surface area contributed by atoms with Crippen LogP contribution in [0.1, 0.15) is 12.8 Å². The average molecular weight is 276 g/mol. The molecule has 0 spiro atoms. The largest absolute Gasteiger partial charge is 0.481 e. The molecule has 0 aromatic rings. The summed E-state index contributed by atoms with van der Waals surface area (Å²) in [6.07, 6.45) is -2.21. The molecule has 0 unspecified atom stereocenters. The lowest BCUT2D eigenvalue weighted by molar-refractivity contribution is -0.201. The molecule has 0 bridgehead atoms. The molecule has 0 saturated heterocycles. The molecule has 3 N–H and O–H groups in total. The third-order valence-corrected chi connectivity index (χ3v) is 1.65. The molecule has 0 aliphatic rings. The minimum Gasteiger partial charge on any atom is -0.481 e. The van der Waals surface area contributed by atoms with E-state index in [1.54, 1.807) is 0 Å². The third-order valence-electron chi connectivity index (χ3n) is 1.51. The second-order valence-corrected chi connectivity index (χ2v) is 3.52. The Bertz CT molecular complexity index is 289. The summed E-state index contributed by atoms with van der Waals surface area (Å²) in [7, 11) is 0. The van der Waals surface area contributed by atoms with E-state index in [4.69, 9.17) is 38.9 Å². The Morgan fingerprint density at radius 2 is 1.44 bits per heavy atom. The monoisotopic (exact) mass is 275 g/mol. The van der Waals surface area contributed by atoms with E-state index in [1.165, 1.54) is 0 Å². The zero-order valence-corrected chi connectivity index (χ0v) is 9.10. The summed E-state index contributed by atoms with van der Waals surface area (Å²) in [4.78, 5) is 36.0. The van der Waals surface area contributed by atoms with Crippen molar-refractivity contribution in [2.45, 2.75) is 18.4 Å². The SMILES string of the molecule is O=C(O)CC(CC(=O)O)(ON(Cl)Cl)C(=O)O. The molecule has 0 aliphatic carbocycles. The quantitative estimate of drug-likeness (QED) is 0.448. The topological polar surface area (TPSA) is 124 Å². The number of carboxylic acid groups (broad SMARTS) is 3. The van der Waals surface area contributed by atoms with E-state index in [1.807, 2.05) is 0 Å². The number of carboxylic acids is 3. The van der Waals surface area contributed by atoms with Gasteiger partial charge < -0.3 is 15.3 Å². The van der Waals surface area contributed by atoms with Crippen LogP contribution in [0.3, 0.4) is 0 Å². The van der Waals surface area contributed by atoms with Crippen LogP contribution >= 0.6 is 23.6 Å². The zero-order chi connectivity index (χ0) is 12.9. The van der Waals surface area contributed by atoms with Crippen molar-refractivity contribution in [3.63, 3.8) is 0 Å². The summed E-state index contributed by atoms with van der Waals surface area (Å²) in [6, 6.07) is 0. The lowest BCUT2D eigenvalue weighted by atomic mass is 9.96. The van der Waals surface area contributed by atoms with Gasteiger partial charge in [0.25, 0.3) is 0 Å². The molecule has 0 heterocycles. The fourth-order valence-corrected chi connectivity index (χ4v) is 1.20. The number of nitrogens with zero attached hydrogens (tertiary/aromatic N) is 1. The van der Waals surface area contributed by atoms with Crippen LogP contribution in [-0.4, -0.2) is 42.9 Å². The predicted molar refractivity (Wildman–Crippen MR) is 49.5 cm³/mol. The van der Waals surface area contributed by atoms with Gasteiger partial charge in [-0.05, 0) is 4.10 Å². The highest BCUT2D eigenvalue weighted by Crippen LogP contribution is 2.25. The van der Waals surface area contributed by atoms with E-state index in [0.717, 1.165) is 0 Å². The molecule has 0 aromatic heterocycles. The van der Waals surface area contributed by atoms with Crippen molar-refractivity contribution in [1.29, 1.82) is 0 Å². The minimum atomic E-state index is -2.55. The van der Waals surface area contributed by atoms with Crippen molar-refractivity contribution in [1.82, 2.24) is 4.10 Å². The van der Waals surface area contributed by atoms with Crippen LogP contribution < -0.4 is 0 Å². The van der Waals surface area contributed by atoms with E-state index in [9.17, 15) is 14.4 Å². The maximum atomic E-state index is 10.8. The Kier molecular flexibility index (Phi) is 5.45. The summed E-state index contributed by atoms with van der Waals surface area (Å²) in [5.41, 5.74) is -2.55. The second-order valence-electron chi connectivity index (χ2n) is 2.73. The van der Waals surface area contributed by atoms with Crippen LogP contribution in [0.15, 0.2) is 0 Å². The molecule has 0 rings (SSSR count). The molecule has 0 aliphatic heterocycles. The lowest BCUT2D eigenvalue weighted by Crippen LogP contribution is -2.47. The first-order chi connectivity index (χ1) is 7.19. The van der Waals surface area contributed by atoms with Gasteiger partial charge in [-0.3, -0.25) is 9.59 Å². The molecule has 0 amide bonds. The molecule has 16 heavy (non-hydrogen) atoms. The Morgan fingerprint density at radius 3 is 1.62 bits per heavy atom. The van der Waals surface area contributed by atoms with Gasteiger partial charge in [-0.2, -0.15) is 0 Å². The summed E-state index contributed by atoms with van der Waals surface area (Å²) < 4.78 is -0.0972. The zero-order valence-electron chi connectivity index (χ0n) is 7.59. The normalized spacial score (nSPS) is 11.4. The number of hydrogen-bond acceptors (Lipinski definition) is 5. The predicted octanol–water partition coefficient (Wildman–Crippen LogP) is 0.300. The molecule has 0 saturated carbocycles. The molecule has 8 nitrogen and oxygen atoms in total. The van der Waals surface area contributed by atoms with Gasteiger partial charge in [0.05, 0.1) is 12.8 Å².